The van der Waals surface area contributed by atoms with E-state index in [9.17, 15) is 9.18 Å². The van der Waals surface area contributed by atoms with E-state index < -0.39 is 17.5 Å². The zero-order valence-electron chi connectivity index (χ0n) is 18.2. The Morgan fingerprint density at radius 2 is 2.10 bits per heavy atom. The van der Waals surface area contributed by atoms with Crippen LogP contribution in [0.25, 0.3) is 0 Å². The first-order valence-corrected chi connectivity index (χ1v) is 10.4. The second kappa shape index (κ2) is 8.92. The third kappa shape index (κ3) is 5.86. The van der Waals surface area contributed by atoms with Crippen molar-refractivity contribution in [2.45, 2.75) is 71.6 Å². The van der Waals surface area contributed by atoms with E-state index in [0.29, 0.717) is 16.9 Å². The van der Waals surface area contributed by atoms with Gasteiger partial charge in [0.15, 0.2) is 5.82 Å². The molecule has 162 valence electrons. The van der Waals surface area contributed by atoms with Crippen molar-refractivity contribution in [3.8, 4) is 0 Å². The lowest BCUT2D eigenvalue weighted by Gasteiger charge is -2.26. The molecule has 2 rings (SSSR count). The molecule has 0 spiro atoms. The first-order valence-electron chi connectivity index (χ1n) is 9.99. The molecule has 1 fully saturated rings. The van der Waals surface area contributed by atoms with E-state index in [1.54, 1.807) is 19.1 Å². The fraction of sp³-hybridized carbons (Fsp3) is 0.591. The van der Waals surface area contributed by atoms with Crippen LogP contribution in [0.3, 0.4) is 0 Å². The molecule has 0 aromatic heterocycles. The molecule has 5 nitrogen and oxygen atoms in total. The van der Waals surface area contributed by atoms with Gasteiger partial charge in [0.1, 0.15) is 5.60 Å². The molecule has 3 unspecified atom stereocenters. The molecule has 0 saturated heterocycles. The molecule has 1 aromatic rings. The van der Waals surface area contributed by atoms with Crippen molar-refractivity contribution in [2.75, 3.05) is 12.4 Å². The van der Waals surface area contributed by atoms with Crippen LogP contribution < -0.4 is 16.0 Å². The van der Waals surface area contributed by atoms with E-state index in [2.05, 4.69) is 29.5 Å². The molecule has 3 atom stereocenters. The highest BCUT2D eigenvalue weighted by molar-refractivity contribution is 6.31. The lowest BCUT2D eigenvalue weighted by Crippen LogP contribution is -2.38. The number of rotatable bonds is 8. The van der Waals surface area contributed by atoms with E-state index in [0.717, 1.165) is 19.3 Å². The largest absolute Gasteiger partial charge is 0.444 e. The van der Waals surface area contributed by atoms with Crippen molar-refractivity contribution in [3.63, 3.8) is 0 Å². The molecule has 0 aliphatic heterocycles. The number of ether oxygens (including phenoxy) is 1. The summed E-state index contributed by atoms with van der Waals surface area (Å²) in [7, 11) is 1.85. The molecule has 1 aromatic carbocycles. The molecule has 1 aliphatic carbocycles. The van der Waals surface area contributed by atoms with Crippen LogP contribution in [-0.2, 0) is 4.74 Å². The summed E-state index contributed by atoms with van der Waals surface area (Å²) >= 11 is 6.02. The van der Waals surface area contributed by atoms with Gasteiger partial charge in [-0.05, 0) is 71.0 Å². The Labute approximate surface area is 178 Å². The van der Waals surface area contributed by atoms with Crippen LogP contribution in [-0.4, -0.2) is 30.8 Å². The van der Waals surface area contributed by atoms with E-state index in [1.165, 1.54) is 0 Å². The van der Waals surface area contributed by atoms with Crippen molar-refractivity contribution in [2.24, 2.45) is 5.41 Å². The minimum absolute atomic E-state index is 0.0430. The Morgan fingerprint density at radius 1 is 1.45 bits per heavy atom. The number of amides is 1. The van der Waals surface area contributed by atoms with Gasteiger partial charge in [-0.15, -0.1) is 0 Å². The Kier molecular flexibility index (Phi) is 7.23. The highest BCUT2D eigenvalue weighted by Gasteiger charge is 2.54. The van der Waals surface area contributed by atoms with Crippen LogP contribution in [0, 0.1) is 18.2 Å². The van der Waals surface area contributed by atoms with Gasteiger partial charge in [0.05, 0.1) is 10.7 Å². The third-order valence-electron chi connectivity index (χ3n) is 5.54. The van der Waals surface area contributed by atoms with Crippen molar-refractivity contribution in [1.82, 2.24) is 10.6 Å². The van der Waals surface area contributed by atoms with Gasteiger partial charge in [-0.1, -0.05) is 31.2 Å². The zero-order chi connectivity index (χ0) is 22.0. The Hall–Kier alpha value is -1.79. The lowest BCUT2D eigenvalue weighted by atomic mass is 9.91. The van der Waals surface area contributed by atoms with Gasteiger partial charge in [0.2, 0.25) is 0 Å². The van der Waals surface area contributed by atoms with Gasteiger partial charge in [-0.2, -0.15) is 0 Å². The summed E-state index contributed by atoms with van der Waals surface area (Å²) in [5.74, 6) is -0.483. The normalized spacial score (nSPS) is 22.0. The average Bonchev–Trinajstić information content (AvgIpc) is 3.30. The number of aryl methyl sites for hydroxylation is 1. The number of likely N-dealkylation sites (N-methyl/N-ethyl adjacent to an activating group) is 1. The van der Waals surface area contributed by atoms with Gasteiger partial charge in [-0.25, -0.2) is 9.18 Å². The summed E-state index contributed by atoms with van der Waals surface area (Å²) in [5, 5.41) is 9.40. The topological polar surface area (TPSA) is 62.4 Å². The Morgan fingerprint density at radius 3 is 2.66 bits per heavy atom. The fourth-order valence-electron chi connectivity index (χ4n) is 3.57. The van der Waals surface area contributed by atoms with Crippen molar-refractivity contribution in [3.05, 3.63) is 40.8 Å². The molecule has 3 N–H and O–H groups in total. The number of carbonyl (C=O) groups is 1. The smallest absolute Gasteiger partial charge is 0.407 e. The van der Waals surface area contributed by atoms with Crippen LogP contribution >= 0.6 is 11.6 Å². The monoisotopic (exact) mass is 425 g/mol. The summed E-state index contributed by atoms with van der Waals surface area (Å²) in [4.78, 5) is 12.1. The van der Waals surface area contributed by atoms with Crippen molar-refractivity contribution < 1.29 is 13.9 Å². The number of hydrogen-bond acceptors (Lipinski definition) is 4. The SMILES string of the molecule is C=C(Nc1ccc(C)c(Cl)c1F)C(CC1(CC)CC1NC(=O)OC(C)(C)C)NC. The number of alkyl carbamates (subject to hydrolysis) is 1. The summed E-state index contributed by atoms with van der Waals surface area (Å²) in [6.07, 6.45) is 2.14. The van der Waals surface area contributed by atoms with Crippen LogP contribution in [0.15, 0.2) is 24.4 Å². The Balaban J connectivity index is 2.02. The molecular formula is C22H33ClFN3O2. The number of anilines is 1. The third-order valence-corrected chi connectivity index (χ3v) is 6.00. The van der Waals surface area contributed by atoms with E-state index in [4.69, 9.17) is 16.3 Å². The van der Waals surface area contributed by atoms with Gasteiger partial charge >= 0.3 is 6.09 Å². The highest BCUT2D eigenvalue weighted by atomic mass is 35.5. The van der Waals surface area contributed by atoms with Gasteiger partial charge in [-0.3, -0.25) is 0 Å². The minimum Gasteiger partial charge on any atom is -0.444 e. The second-order valence-corrected chi connectivity index (χ2v) is 9.25. The van der Waals surface area contributed by atoms with E-state index >= 15 is 0 Å². The molecule has 0 radical (unpaired) electrons. The predicted molar refractivity (Wildman–Crippen MR) is 117 cm³/mol. The zero-order valence-corrected chi connectivity index (χ0v) is 19.0. The summed E-state index contributed by atoms with van der Waals surface area (Å²) in [5.41, 5.74) is 1.07. The van der Waals surface area contributed by atoms with E-state index in [1.807, 2.05) is 27.8 Å². The first kappa shape index (κ1) is 23.5. The fourth-order valence-corrected chi connectivity index (χ4v) is 3.74. The molecule has 0 bridgehead atoms. The minimum atomic E-state index is -0.529. The van der Waals surface area contributed by atoms with E-state index in [-0.39, 0.29) is 22.5 Å². The molecule has 1 aliphatic rings. The summed E-state index contributed by atoms with van der Waals surface area (Å²) < 4.78 is 19.8. The number of halogens is 2. The number of nitrogens with one attached hydrogen (secondary N) is 3. The first-order chi connectivity index (χ1) is 13.4. The molecule has 0 heterocycles. The standard InChI is InChI=1S/C22H33ClFN3O2/c1-8-22(12-17(22)27-20(28)29-21(4,5)6)11-16(25-7)14(3)26-15-10-9-13(2)18(23)19(15)24/h9-10,16-17,25-26H,3,8,11-12H2,1-2,4-7H3,(H,27,28). The maximum absolute atomic E-state index is 14.4. The number of benzene rings is 1. The maximum atomic E-state index is 14.4. The second-order valence-electron chi connectivity index (χ2n) is 8.87. The van der Waals surface area contributed by atoms with Gasteiger partial charge in [0.25, 0.3) is 0 Å². The number of hydrogen-bond donors (Lipinski definition) is 3. The number of carbonyl (C=O) groups excluding carboxylic acids is 1. The van der Waals surface area contributed by atoms with Gasteiger partial charge < -0.3 is 20.7 Å². The molecule has 7 heteroatoms. The lowest BCUT2D eigenvalue weighted by molar-refractivity contribution is 0.0514. The highest BCUT2D eigenvalue weighted by Crippen LogP contribution is 2.53. The molecule has 1 saturated carbocycles. The average molecular weight is 426 g/mol. The van der Waals surface area contributed by atoms with Crippen molar-refractivity contribution >= 4 is 23.4 Å². The van der Waals surface area contributed by atoms with Crippen molar-refractivity contribution in [1.29, 1.82) is 0 Å². The summed E-state index contributed by atoms with van der Waals surface area (Å²) in [6, 6.07) is 3.38. The molecule has 29 heavy (non-hydrogen) atoms. The Bertz CT molecular complexity index is 778. The summed E-state index contributed by atoms with van der Waals surface area (Å²) in [6.45, 7) is 13.5. The quantitative estimate of drug-likeness (QED) is 0.523. The molecular weight excluding hydrogens is 393 g/mol. The van der Waals surface area contributed by atoms with Crippen LogP contribution in [0.2, 0.25) is 5.02 Å². The maximum Gasteiger partial charge on any atom is 0.407 e. The molecule has 1 amide bonds. The predicted octanol–water partition coefficient (Wildman–Crippen LogP) is 5.38. The van der Waals surface area contributed by atoms with Crippen LogP contribution in [0.4, 0.5) is 14.9 Å². The van der Waals surface area contributed by atoms with Crippen LogP contribution in [0.1, 0.15) is 52.5 Å². The van der Waals surface area contributed by atoms with Gasteiger partial charge in [0, 0.05) is 17.8 Å². The van der Waals surface area contributed by atoms with Crippen LogP contribution in [0.5, 0.6) is 0 Å².